The van der Waals surface area contributed by atoms with Gasteiger partial charge in [-0.3, -0.25) is 5.32 Å². The number of carbonyl (C=O) groups excluding carboxylic acids is 1. The van der Waals surface area contributed by atoms with Crippen molar-refractivity contribution in [1.82, 2.24) is 14.7 Å². The highest BCUT2D eigenvalue weighted by molar-refractivity contribution is 7.09. The first-order valence-corrected chi connectivity index (χ1v) is 6.49. The number of aryl methyl sites for hydroxylation is 1. The number of aromatic nitrogens is 2. The monoisotopic (exact) mass is 292 g/mol. The van der Waals surface area contributed by atoms with Gasteiger partial charge in [0.15, 0.2) is 6.04 Å². The molecule has 2 aromatic rings. The Hall–Kier alpha value is -2.48. The zero-order valence-electron chi connectivity index (χ0n) is 10.5. The summed E-state index contributed by atoms with van der Waals surface area (Å²) in [6.07, 6.45) is 0. The lowest BCUT2D eigenvalue weighted by Crippen LogP contribution is -2.36. The number of rotatable bonds is 4. The van der Waals surface area contributed by atoms with Crippen molar-refractivity contribution in [1.29, 1.82) is 0 Å². The summed E-state index contributed by atoms with van der Waals surface area (Å²) in [4.78, 5) is 27.0. The van der Waals surface area contributed by atoms with Crippen molar-refractivity contribution in [2.45, 2.75) is 13.0 Å². The van der Waals surface area contributed by atoms with Crippen molar-refractivity contribution in [2.75, 3.05) is 5.32 Å². The summed E-state index contributed by atoms with van der Waals surface area (Å²) in [5, 5.41) is 14.3. The smallest absolute Gasteiger partial charge is 0.330 e. The largest absolute Gasteiger partial charge is 0.479 e. The minimum Gasteiger partial charge on any atom is -0.479 e. The molecule has 0 aliphatic rings. The summed E-state index contributed by atoms with van der Waals surface area (Å²) in [6.45, 7) is 1.70. The number of benzene rings is 1. The summed E-state index contributed by atoms with van der Waals surface area (Å²) < 4.78 is 3.91. The number of amides is 2. The molecule has 7 nitrogen and oxygen atoms in total. The van der Waals surface area contributed by atoms with Crippen molar-refractivity contribution in [3.05, 3.63) is 41.7 Å². The molecule has 0 radical (unpaired) electrons. The molecule has 0 aliphatic heterocycles. The van der Waals surface area contributed by atoms with Crippen LogP contribution in [0.4, 0.5) is 9.93 Å². The average molecular weight is 292 g/mol. The van der Waals surface area contributed by atoms with Crippen LogP contribution in [0.2, 0.25) is 0 Å². The highest BCUT2D eigenvalue weighted by atomic mass is 32.1. The molecule has 3 N–H and O–H groups in total. The van der Waals surface area contributed by atoms with Gasteiger partial charge in [-0.25, -0.2) is 14.6 Å². The molecule has 0 bridgehead atoms. The van der Waals surface area contributed by atoms with Crippen LogP contribution in [0, 0.1) is 6.92 Å². The minimum absolute atomic E-state index is 0.317. The first-order chi connectivity index (χ1) is 9.56. The fourth-order valence-corrected chi connectivity index (χ4v) is 2.12. The number of nitrogens with zero attached hydrogens (tertiary/aromatic N) is 2. The molecule has 1 aromatic heterocycles. The highest BCUT2D eigenvalue weighted by Crippen LogP contribution is 2.14. The molecule has 104 valence electrons. The molecule has 0 spiro atoms. The molecule has 2 rings (SSSR count). The number of nitrogens with one attached hydrogen (secondary N) is 2. The first kappa shape index (κ1) is 13.9. The van der Waals surface area contributed by atoms with Crippen molar-refractivity contribution in [3.8, 4) is 0 Å². The average Bonchev–Trinajstić information content (AvgIpc) is 2.82. The van der Waals surface area contributed by atoms with Gasteiger partial charge in [-0.15, -0.1) is 0 Å². The van der Waals surface area contributed by atoms with E-state index >= 15 is 0 Å². The third-order valence-electron chi connectivity index (χ3n) is 2.40. The summed E-state index contributed by atoms with van der Waals surface area (Å²) in [6, 6.07) is 6.69. The van der Waals surface area contributed by atoms with Crippen LogP contribution < -0.4 is 10.6 Å². The van der Waals surface area contributed by atoms with E-state index in [4.69, 9.17) is 0 Å². The van der Waals surface area contributed by atoms with Gasteiger partial charge in [-0.1, -0.05) is 30.3 Å². The van der Waals surface area contributed by atoms with Crippen molar-refractivity contribution < 1.29 is 14.7 Å². The first-order valence-electron chi connectivity index (χ1n) is 5.72. The highest BCUT2D eigenvalue weighted by Gasteiger charge is 2.22. The topological polar surface area (TPSA) is 104 Å². The van der Waals surface area contributed by atoms with Gasteiger partial charge < -0.3 is 10.4 Å². The number of urea groups is 1. The lowest BCUT2D eigenvalue weighted by atomic mass is 10.1. The number of carboxylic acids is 1. The maximum Gasteiger partial charge on any atom is 0.330 e. The van der Waals surface area contributed by atoms with Crippen LogP contribution in [0.25, 0.3) is 0 Å². The number of aliphatic carboxylic acids is 1. The van der Waals surface area contributed by atoms with Crippen LogP contribution in [0.3, 0.4) is 0 Å². The Morgan fingerprint density at radius 3 is 2.55 bits per heavy atom. The van der Waals surface area contributed by atoms with E-state index < -0.39 is 18.0 Å². The quantitative estimate of drug-likeness (QED) is 0.797. The van der Waals surface area contributed by atoms with E-state index in [-0.39, 0.29) is 0 Å². The van der Waals surface area contributed by atoms with E-state index in [1.54, 1.807) is 37.3 Å². The van der Waals surface area contributed by atoms with Gasteiger partial charge in [-0.2, -0.15) is 4.37 Å². The molecule has 0 saturated heterocycles. The van der Waals surface area contributed by atoms with Crippen LogP contribution in [0.1, 0.15) is 17.4 Å². The minimum atomic E-state index is -1.14. The number of carboxylic acid groups (broad SMARTS) is 1. The molecule has 1 heterocycles. The van der Waals surface area contributed by atoms with Crippen molar-refractivity contribution in [2.24, 2.45) is 0 Å². The second kappa shape index (κ2) is 6.11. The molecule has 1 aromatic carbocycles. The maximum atomic E-state index is 11.8. The van der Waals surface area contributed by atoms with E-state index in [0.29, 0.717) is 16.5 Å². The van der Waals surface area contributed by atoms with Gasteiger partial charge in [0.2, 0.25) is 5.13 Å². The van der Waals surface area contributed by atoms with E-state index in [9.17, 15) is 14.7 Å². The number of hydrogen-bond acceptors (Lipinski definition) is 5. The van der Waals surface area contributed by atoms with Gasteiger partial charge in [-0.05, 0) is 12.5 Å². The van der Waals surface area contributed by atoms with Crippen LogP contribution >= 0.6 is 11.5 Å². The fourth-order valence-electron chi connectivity index (χ4n) is 1.55. The zero-order valence-corrected chi connectivity index (χ0v) is 11.3. The maximum absolute atomic E-state index is 11.8. The normalized spacial score (nSPS) is 11.7. The Balaban J connectivity index is 2.05. The van der Waals surface area contributed by atoms with E-state index in [0.717, 1.165) is 11.5 Å². The Morgan fingerprint density at radius 2 is 2.00 bits per heavy atom. The summed E-state index contributed by atoms with van der Waals surface area (Å²) >= 11 is 1.03. The Labute approximate surface area is 118 Å². The summed E-state index contributed by atoms with van der Waals surface area (Å²) in [5.41, 5.74) is 0.489. The molecule has 1 unspecified atom stereocenters. The number of hydrogen-bond donors (Lipinski definition) is 3. The van der Waals surface area contributed by atoms with Crippen LogP contribution in [-0.2, 0) is 4.79 Å². The SMILES string of the molecule is Cc1nsc(NC(=O)NC(C(=O)O)c2ccccc2)n1. The molecule has 20 heavy (non-hydrogen) atoms. The Morgan fingerprint density at radius 1 is 1.30 bits per heavy atom. The van der Waals surface area contributed by atoms with E-state index in [2.05, 4.69) is 20.0 Å². The Bertz CT molecular complexity index is 614. The van der Waals surface area contributed by atoms with Gasteiger partial charge in [0.1, 0.15) is 5.82 Å². The van der Waals surface area contributed by atoms with Gasteiger partial charge in [0.25, 0.3) is 0 Å². The molecule has 2 amide bonds. The van der Waals surface area contributed by atoms with E-state index in [1.165, 1.54) is 0 Å². The standard InChI is InChI=1S/C12H12N4O3S/c1-7-13-12(20-16-7)15-11(19)14-9(10(17)18)8-5-3-2-4-6-8/h2-6,9H,1H3,(H,17,18)(H2,13,14,15,16,19). The molecule has 8 heteroatoms. The van der Waals surface area contributed by atoms with Crippen LogP contribution in [0.15, 0.2) is 30.3 Å². The fraction of sp³-hybridized carbons (Fsp3) is 0.167. The molecule has 1 atom stereocenters. The molecule has 0 fully saturated rings. The number of carbonyl (C=O) groups is 2. The van der Waals surface area contributed by atoms with Crippen LogP contribution in [-0.4, -0.2) is 26.5 Å². The molecule has 0 saturated carbocycles. The van der Waals surface area contributed by atoms with E-state index in [1.807, 2.05) is 0 Å². The summed E-state index contributed by atoms with van der Waals surface area (Å²) in [7, 11) is 0. The van der Waals surface area contributed by atoms with Crippen molar-refractivity contribution >= 4 is 28.7 Å². The summed E-state index contributed by atoms with van der Waals surface area (Å²) in [5.74, 6) is -0.595. The second-order valence-electron chi connectivity index (χ2n) is 3.93. The van der Waals surface area contributed by atoms with Gasteiger partial charge >= 0.3 is 12.0 Å². The predicted octanol–water partition coefficient (Wildman–Crippen LogP) is 1.79. The van der Waals surface area contributed by atoms with Gasteiger partial charge in [0, 0.05) is 11.5 Å². The lowest BCUT2D eigenvalue weighted by Gasteiger charge is -2.14. The lowest BCUT2D eigenvalue weighted by molar-refractivity contribution is -0.139. The number of anilines is 1. The van der Waals surface area contributed by atoms with Gasteiger partial charge in [0.05, 0.1) is 0 Å². The third-order valence-corrected chi connectivity index (χ3v) is 3.13. The molecule has 0 aliphatic carbocycles. The van der Waals surface area contributed by atoms with Crippen LogP contribution in [0.5, 0.6) is 0 Å². The molecular formula is C12H12N4O3S. The predicted molar refractivity (Wildman–Crippen MR) is 73.6 cm³/mol. The second-order valence-corrected chi connectivity index (χ2v) is 4.68. The third kappa shape index (κ3) is 3.51. The molecular weight excluding hydrogens is 280 g/mol. The Kier molecular flexibility index (Phi) is 4.26. The van der Waals surface area contributed by atoms with Crippen molar-refractivity contribution in [3.63, 3.8) is 0 Å². The zero-order chi connectivity index (χ0) is 14.5.